The van der Waals surface area contributed by atoms with Crippen LogP contribution in [0.3, 0.4) is 0 Å². The average Bonchev–Trinajstić information content (AvgIpc) is 2.97. The first kappa shape index (κ1) is 15.8. The number of hydrogen-bond acceptors (Lipinski definition) is 3. The molecule has 1 heterocycles. The summed E-state index contributed by atoms with van der Waals surface area (Å²) in [5.74, 6) is 1.20. The fourth-order valence-corrected chi connectivity index (χ4v) is 2.41. The van der Waals surface area contributed by atoms with Crippen LogP contribution in [0, 0.1) is 6.92 Å². The van der Waals surface area contributed by atoms with Crippen LogP contribution < -0.4 is 10.1 Å². The summed E-state index contributed by atoms with van der Waals surface area (Å²) in [4.78, 5) is 12.5. The largest absolute Gasteiger partial charge is 0.494 e. The Labute approximate surface area is 140 Å². The van der Waals surface area contributed by atoms with Crippen molar-refractivity contribution in [2.24, 2.45) is 0 Å². The highest BCUT2D eigenvalue weighted by atomic mass is 16.5. The van der Waals surface area contributed by atoms with Crippen molar-refractivity contribution in [1.82, 2.24) is 9.78 Å². The molecular formula is C19H19N3O2. The molecule has 0 saturated carbocycles. The van der Waals surface area contributed by atoms with Crippen molar-refractivity contribution in [3.05, 3.63) is 71.9 Å². The minimum atomic E-state index is -0.185. The maximum atomic E-state index is 12.5. The van der Waals surface area contributed by atoms with Crippen molar-refractivity contribution < 1.29 is 9.53 Å². The van der Waals surface area contributed by atoms with E-state index < -0.39 is 0 Å². The van der Waals surface area contributed by atoms with E-state index >= 15 is 0 Å². The lowest BCUT2D eigenvalue weighted by Crippen LogP contribution is -2.15. The van der Waals surface area contributed by atoms with Crippen LogP contribution in [-0.2, 0) is 0 Å². The monoisotopic (exact) mass is 321 g/mol. The number of anilines is 1. The van der Waals surface area contributed by atoms with E-state index in [1.54, 1.807) is 28.9 Å². The second-order valence-electron chi connectivity index (χ2n) is 5.33. The highest BCUT2D eigenvalue weighted by Gasteiger charge is 2.12. The summed E-state index contributed by atoms with van der Waals surface area (Å²) in [6, 6.07) is 18.6. The normalized spacial score (nSPS) is 10.4. The SMILES string of the molecule is CCOc1ccc(C(=O)Nc2cc(C)nn2-c2ccccc2)cc1. The molecule has 0 atom stereocenters. The Balaban J connectivity index is 1.82. The zero-order chi connectivity index (χ0) is 16.9. The number of carbonyl (C=O) groups is 1. The molecule has 0 aliphatic rings. The minimum Gasteiger partial charge on any atom is -0.494 e. The Morgan fingerprint density at radius 3 is 2.50 bits per heavy atom. The predicted octanol–water partition coefficient (Wildman–Crippen LogP) is 3.83. The molecule has 1 amide bonds. The lowest BCUT2D eigenvalue weighted by Gasteiger charge is -2.09. The van der Waals surface area contributed by atoms with Gasteiger partial charge < -0.3 is 10.1 Å². The van der Waals surface area contributed by atoms with Gasteiger partial charge in [-0.2, -0.15) is 5.10 Å². The number of nitrogens with one attached hydrogen (secondary N) is 1. The second kappa shape index (κ2) is 7.00. The molecule has 5 nitrogen and oxygen atoms in total. The van der Waals surface area contributed by atoms with Crippen LogP contribution >= 0.6 is 0 Å². The third kappa shape index (κ3) is 3.46. The van der Waals surface area contributed by atoms with Gasteiger partial charge >= 0.3 is 0 Å². The molecule has 3 aromatic rings. The molecule has 1 aromatic heterocycles. The number of rotatable bonds is 5. The first-order valence-corrected chi connectivity index (χ1v) is 7.83. The smallest absolute Gasteiger partial charge is 0.256 e. The molecule has 0 spiro atoms. The Morgan fingerprint density at radius 2 is 1.83 bits per heavy atom. The van der Waals surface area contributed by atoms with Crippen molar-refractivity contribution in [2.45, 2.75) is 13.8 Å². The van der Waals surface area contributed by atoms with Gasteiger partial charge in [0.15, 0.2) is 0 Å². The van der Waals surface area contributed by atoms with Crippen LogP contribution in [0.1, 0.15) is 23.0 Å². The van der Waals surface area contributed by atoms with Crippen molar-refractivity contribution in [3.8, 4) is 11.4 Å². The van der Waals surface area contributed by atoms with Gasteiger partial charge in [-0.1, -0.05) is 18.2 Å². The maximum absolute atomic E-state index is 12.5. The standard InChI is InChI=1S/C19H19N3O2/c1-3-24-17-11-9-15(10-12-17)19(23)20-18-13-14(2)21-22(18)16-7-5-4-6-8-16/h4-13H,3H2,1-2H3,(H,20,23). The Bertz CT molecular complexity index is 824. The summed E-state index contributed by atoms with van der Waals surface area (Å²) >= 11 is 0. The molecule has 0 aliphatic heterocycles. The van der Waals surface area contributed by atoms with E-state index in [1.807, 2.05) is 50.2 Å². The van der Waals surface area contributed by atoms with E-state index in [4.69, 9.17) is 4.74 Å². The van der Waals surface area contributed by atoms with E-state index in [0.29, 0.717) is 18.0 Å². The Morgan fingerprint density at radius 1 is 1.12 bits per heavy atom. The van der Waals surface area contributed by atoms with Crippen LogP contribution in [0.2, 0.25) is 0 Å². The molecule has 0 fully saturated rings. The number of aromatic nitrogens is 2. The number of nitrogens with zero attached hydrogens (tertiary/aromatic N) is 2. The highest BCUT2D eigenvalue weighted by molar-refractivity contribution is 6.04. The third-order valence-electron chi connectivity index (χ3n) is 3.50. The summed E-state index contributed by atoms with van der Waals surface area (Å²) in [6.45, 7) is 4.42. The van der Waals surface area contributed by atoms with Gasteiger partial charge in [0.05, 0.1) is 18.0 Å². The first-order valence-electron chi connectivity index (χ1n) is 7.83. The van der Waals surface area contributed by atoms with Gasteiger partial charge in [0, 0.05) is 11.6 Å². The van der Waals surface area contributed by atoms with E-state index in [0.717, 1.165) is 17.1 Å². The third-order valence-corrected chi connectivity index (χ3v) is 3.50. The average molecular weight is 321 g/mol. The van der Waals surface area contributed by atoms with Gasteiger partial charge in [-0.3, -0.25) is 4.79 Å². The summed E-state index contributed by atoms with van der Waals surface area (Å²) < 4.78 is 7.12. The molecule has 0 radical (unpaired) electrons. The molecule has 3 rings (SSSR count). The maximum Gasteiger partial charge on any atom is 0.256 e. The van der Waals surface area contributed by atoms with E-state index in [-0.39, 0.29) is 5.91 Å². The van der Waals surface area contributed by atoms with E-state index in [2.05, 4.69) is 10.4 Å². The Kier molecular flexibility index (Phi) is 4.61. The van der Waals surface area contributed by atoms with Crippen LogP contribution in [0.5, 0.6) is 5.75 Å². The van der Waals surface area contributed by atoms with Crippen molar-refractivity contribution >= 4 is 11.7 Å². The Hall–Kier alpha value is -3.08. The molecule has 1 N–H and O–H groups in total. The molecule has 2 aromatic carbocycles. The minimum absolute atomic E-state index is 0.185. The summed E-state index contributed by atoms with van der Waals surface area (Å²) in [6.07, 6.45) is 0. The van der Waals surface area contributed by atoms with Crippen LogP contribution in [0.15, 0.2) is 60.7 Å². The molecule has 0 saturated heterocycles. The molecular weight excluding hydrogens is 302 g/mol. The molecule has 5 heteroatoms. The number of para-hydroxylation sites is 1. The zero-order valence-corrected chi connectivity index (χ0v) is 13.7. The molecule has 0 bridgehead atoms. The first-order chi connectivity index (χ1) is 11.7. The summed E-state index contributed by atoms with van der Waals surface area (Å²) in [5, 5.41) is 7.37. The second-order valence-corrected chi connectivity index (χ2v) is 5.33. The highest BCUT2D eigenvalue weighted by Crippen LogP contribution is 2.18. The van der Waals surface area contributed by atoms with Gasteiger partial charge in [0.1, 0.15) is 11.6 Å². The van der Waals surface area contributed by atoms with Gasteiger partial charge in [-0.15, -0.1) is 0 Å². The van der Waals surface area contributed by atoms with Crippen LogP contribution in [-0.4, -0.2) is 22.3 Å². The summed E-state index contributed by atoms with van der Waals surface area (Å²) in [5.41, 5.74) is 2.30. The molecule has 24 heavy (non-hydrogen) atoms. The molecule has 122 valence electrons. The number of amides is 1. The lowest BCUT2D eigenvalue weighted by atomic mass is 10.2. The number of aryl methyl sites for hydroxylation is 1. The van der Waals surface area contributed by atoms with Gasteiger partial charge in [0.2, 0.25) is 0 Å². The van der Waals surface area contributed by atoms with Crippen LogP contribution in [0.25, 0.3) is 5.69 Å². The molecule has 0 unspecified atom stereocenters. The quantitative estimate of drug-likeness (QED) is 0.777. The summed E-state index contributed by atoms with van der Waals surface area (Å²) in [7, 11) is 0. The van der Waals surface area contributed by atoms with Gasteiger partial charge in [0.25, 0.3) is 5.91 Å². The number of hydrogen-bond donors (Lipinski definition) is 1. The van der Waals surface area contributed by atoms with E-state index in [1.165, 1.54) is 0 Å². The van der Waals surface area contributed by atoms with Crippen LogP contribution in [0.4, 0.5) is 5.82 Å². The van der Waals surface area contributed by atoms with Gasteiger partial charge in [-0.25, -0.2) is 4.68 Å². The van der Waals surface area contributed by atoms with Crippen molar-refractivity contribution in [3.63, 3.8) is 0 Å². The van der Waals surface area contributed by atoms with E-state index in [9.17, 15) is 4.79 Å². The zero-order valence-electron chi connectivity index (χ0n) is 13.7. The molecule has 0 aliphatic carbocycles. The number of carbonyl (C=O) groups excluding carboxylic acids is 1. The lowest BCUT2D eigenvalue weighted by molar-refractivity contribution is 0.102. The fourth-order valence-electron chi connectivity index (χ4n) is 2.41. The number of benzene rings is 2. The van der Waals surface area contributed by atoms with Crippen molar-refractivity contribution in [2.75, 3.05) is 11.9 Å². The topological polar surface area (TPSA) is 56.1 Å². The van der Waals surface area contributed by atoms with Gasteiger partial charge in [-0.05, 0) is 50.2 Å². The fraction of sp³-hybridized carbons (Fsp3) is 0.158. The number of ether oxygens (including phenoxy) is 1. The van der Waals surface area contributed by atoms with Crippen molar-refractivity contribution in [1.29, 1.82) is 0 Å². The predicted molar refractivity (Wildman–Crippen MR) is 93.9 cm³/mol.